The van der Waals surface area contributed by atoms with Crippen LogP contribution in [0.4, 0.5) is 0 Å². The van der Waals surface area contributed by atoms with Crippen molar-refractivity contribution in [2.24, 2.45) is 0 Å². The fraction of sp³-hybridized carbons (Fsp3) is 0.500. The molecule has 4 nitrogen and oxygen atoms in total. The van der Waals surface area contributed by atoms with Gasteiger partial charge in [0.05, 0.1) is 13.5 Å². The Hall–Kier alpha value is -2.33. The lowest BCUT2D eigenvalue weighted by molar-refractivity contribution is -0.134. The Morgan fingerprint density at radius 1 is 0.967 bits per heavy atom. The van der Waals surface area contributed by atoms with Crippen LogP contribution in [0.15, 0.2) is 48.5 Å². The number of hydrogen-bond donors (Lipinski definition) is 0. The Kier molecular flexibility index (Phi) is 6.73. The van der Waals surface area contributed by atoms with E-state index in [4.69, 9.17) is 4.74 Å². The van der Waals surface area contributed by atoms with E-state index in [1.165, 1.54) is 30.4 Å². The number of aryl methyl sites for hydroxylation is 1. The first-order valence-corrected chi connectivity index (χ1v) is 11.3. The van der Waals surface area contributed by atoms with Crippen molar-refractivity contribution in [1.29, 1.82) is 0 Å². The van der Waals surface area contributed by atoms with Crippen LogP contribution in [-0.2, 0) is 17.8 Å². The Morgan fingerprint density at radius 3 is 2.17 bits per heavy atom. The first-order chi connectivity index (χ1) is 14.6. The molecule has 0 radical (unpaired) electrons. The topological polar surface area (TPSA) is 32.8 Å². The summed E-state index contributed by atoms with van der Waals surface area (Å²) in [6, 6.07) is 17.6. The van der Waals surface area contributed by atoms with Crippen LogP contribution >= 0.6 is 0 Å². The molecule has 0 bridgehead atoms. The molecule has 2 fully saturated rings. The van der Waals surface area contributed by atoms with Gasteiger partial charge in [-0.2, -0.15) is 0 Å². The fourth-order valence-electron chi connectivity index (χ4n) is 4.65. The van der Waals surface area contributed by atoms with Gasteiger partial charge < -0.3 is 14.5 Å². The van der Waals surface area contributed by atoms with Crippen molar-refractivity contribution < 1.29 is 9.53 Å². The summed E-state index contributed by atoms with van der Waals surface area (Å²) < 4.78 is 5.25. The fourth-order valence-corrected chi connectivity index (χ4v) is 4.65. The van der Waals surface area contributed by atoms with Crippen LogP contribution in [0.5, 0.6) is 5.75 Å². The number of methoxy groups -OCH3 is 1. The van der Waals surface area contributed by atoms with Gasteiger partial charge in [0, 0.05) is 31.7 Å². The number of benzene rings is 2. The third kappa shape index (κ3) is 5.04. The molecule has 1 amide bonds. The zero-order valence-electron chi connectivity index (χ0n) is 18.3. The minimum Gasteiger partial charge on any atom is -0.497 e. The molecule has 0 unspecified atom stereocenters. The average molecular weight is 407 g/mol. The number of rotatable bonds is 7. The van der Waals surface area contributed by atoms with E-state index in [0.717, 1.165) is 43.3 Å². The smallest absolute Gasteiger partial charge is 0.227 e. The van der Waals surface area contributed by atoms with Crippen LogP contribution in [0.3, 0.4) is 0 Å². The van der Waals surface area contributed by atoms with Crippen molar-refractivity contribution >= 4 is 5.91 Å². The van der Waals surface area contributed by atoms with Crippen molar-refractivity contribution in [2.75, 3.05) is 20.2 Å². The van der Waals surface area contributed by atoms with Gasteiger partial charge in [0.2, 0.25) is 5.91 Å². The number of ether oxygens (including phenoxy) is 1. The number of hydrogen-bond acceptors (Lipinski definition) is 3. The summed E-state index contributed by atoms with van der Waals surface area (Å²) in [5, 5.41) is 0. The van der Waals surface area contributed by atoms with Gasteiger partial charge in [-0.15, -0.1) is 0 Å². The number of likely N-dealkylation sites (tertiary alicyclic amines) is 1. The monoisotopic (exact) mass is 406 g/mol. The summed E-state index contributed by atoms with van der Waals surface area (Å²) in [6.07, 6.45) is 6.69. The van der Waals surface area contributed by atoms with Gasteiger partial charge in [-0.1, -0.05) is 48.4 Å². The van der Waals surface area contributed by atoms with Gasteiger partial charge in [0.15, 0.2) is 0 Å². The first kappa shape index (κ1) is 20.9. The lowest BCUT2D eigenvalue weighted by Gasteiger charge is -2.44. The highest BCUT2D eigenvalue weighted by Gasteiger charge is 2.32. The molecule has 4 heteroatoms. The van der Waals surface area contributed by atoms with Gasteiger partial charge in [-0.25, -0.2) is 0 Å². The van der Waals surface area contributed by atoms with Crippen LogP contribution in [0.25, 0.3) is 0 Å². The zero-order valence-corrected chi connectivity index (χ0v) is 18.3. The molecule has 1 saturated carbocycles. The second kappa shape index (κ2) is 9.65. The third-order valence-electron chi connectivity index (χ3n) is 6.84. The van der Waals surface area contributed by atoms with Crippen LogP contribution in [-0.4, -0.2) is 48.0 Å². The van der Waals surface area contributed by atoms with Gasteiger partial charge >= 0.3 is 0 Å². The van der Waals surface area contributed by atoms with E-state index in [0.29, 0.717) is 19.0 Å². The number of carbonyl (C=O) groups is 1. The highest BCUT2D eigenvalue weighted by atomic mass is 16.5. The molecular formula is C26H34N2O2. The maximum absolute atomic E-state index is 13.4. The van der Waals surface area contributed by atoms with E-state index in [1.54, 1.807) is 7.11 Å². The summed E-state index contributed by atoms with van der Waals surface area (Å²) >= 11 is 0. The zero-order chi connectivity index (χ0) is 20.9. The van der Waals surface area contributed by atoms with E-state index in [2.05, 4.69) is 41.0 Å². The molecular weight excluding hydrogens is 372 g/mol. The van der Waals surface area contributed by atoms with E-state index < -0.39 is 0 Å². The van der Waals surface area contributed by atoms with Crippen molar-refractivity contribution in [1.82, 2.24) is 9.80 Å². The molecule has 30 heavy (non-hydrogen) atoms. The van der Waals surface area contributed by atoms with E-state index >= 15 is 0 Å². The molecule has 0 atom stereocenters. The molecule has 1 heterocycles. The molecule has 4 rings (SSSR count). The lowest BCUT2D eigenvalue weighted by Crippen LogP contribution is -2.51. The summed E-state index contributed by atoms with van der Waals surface area (Å²) in [5.74, 6) is 1.05. The van der Waals surface area contributed by atoms with E-state index in [-0.39, 0.29) is 5.91 Å². The predicted molar refractivity (Wildman–Crippen MR) is 121 cm³/mol. The normalized spacial score (nSPS) is 18.1. The maximum Gasteiger partial charge on any atom is 0.227 e. The first-order valence-electron chi connectivity index (χ1n) is 11.3. The highest BCUT2D eigenvalue weighted by Crippen LogP contribution is 2.29. The summed E-state index contributed by atoms with van der Waals surface area (Å²) in [7, 11) is 1.67. The highest BCUT2D eigenvalue weighted by molar-refractivity contribution is 5.79. The second-order valence-electron chi connectivity index (χ2n) is 8.88. The molecule has 2 aromatic rings. The number of carbonyl (C=O) groups excluding carboxylic acids is 1. The molecule has 1 aliphatic heterocycles. The Bertz CT molecular complexity index is 819. The maximum atomic E-state index is 13.4. The minimum absolute atomic E-state index is 0.225. The molecule has 0 spiro atoms. The standard InChI is InChI=1S/C26H34N2O2/c1-20-6-8-22(9-7-20)19-28(24-14-16-27(17-15-24)23-4-3-5-23)26(29)18-21-10-12-25(30-2)13-11-21/h6-13,23-24H,3-5,14-19H2,1-2H3. The van der Waals surface area contributed by atoms with E-state index in [1.807, 2.05) is 24.3 Å². The summed E-state index contributed by atoms with van der Waals surface area (Å²) in [5.41, 5.74) is 3.51. The number of piperidine rings is 1. The van der Waals surface area contributed by atoms with E-state index in [9.17, 15) is 4.79 Å². The molecule has 0 N–H and O–H groups in total. The van der Waals surface area contributed by atoms with Crippen molar-refractivity contribution in [2.45, 2.75) is 64.1 Å². The largest absolute Gasteiger partial charge is 0.497 e. The number of nitrogens with zero attached hydrogens (tertiary/aromatic N) is 2. The summed E-state index contributed by atoms with van der Waals surface area (Å²) in [4.78, 5) is 18.2. The third-order valence-corrected chi connectivity index (χ3v) is 6.84. The van der Waals surface area contributed by atoms with Crippen LogP contribution < -0.4 is 4.74 Å². The van der Waals surface area contributed by atoms with Crippen molar-refractivity contribution in [3.63, 3.8) is 0 Å². The van der Waals surface area contributed by atoms with Gasteiger partial charge in [0.25, 0.3) is 0 Å². The van der Waals surface area contributed by atoms with Gasteiger partial charge in [0.1, 0.15) is 5.75 Å². The Balaban J connectivity index is 1.45. The second-order valence-corrected chi connectivity index (χ2v) is 8.88. The minimum atomic E-state index is 0.225. The van der Waals surface area contributed by atoms with Crippen molar-refractivity contribution in [3.05, 3.63) is 65.2 Å². The predicted octanol–water partition coefficient (Wildman–Crippen LogP) is 4.59. The van der Waals surface area contributed by atoms with Crippen LogP contribution in [0.1, 0.15) is 48.8 Å². The lowest BCUT2D eigenvalue weighted by atomic mass is 9.89. The Labute approximate surface area is 180 Å². The quantitative estimate of drug-likeness (QED) is 0.674. The molecule has 0 aromatic heterocycles. The van der Waals surface area contributed by atoms with Gasteiger partial charge in [-0.05, 0) is 55.9 Å². The van der Waals surface area contributed by atoms with Crippen molar-refractivity contribution in [3.8, 4) is 5.75 Å². The Morgan fingerprint density at radius 2 is 1.60 bits per heavy atom. The van der Waals surface area contributed by atoms with Crippen LogP contribution in [0.2, 0.25) is 0 Å². The molecule has 1 saturated heterocycles. The molecule has 160 valence electrons. The average Bonchev–Trinajstić information content (AvgIpc) is 2.73. The molecule has 2 aliphatic rings. The molecule has 2 aromatic carbocycles. The van der Waals surface area contributed by atoms with Gasteiger partial charge in [-0.3, -0.25) is 4.79 Å². The van der Waals surface area contributed by atoms with Crippen LogP contribution in [0, 0.1) is 6.92 Å². The SMILES string of the molecule is COc1ccc(CC(=O)N(Cc2ccc(C)cc2)C2CCN(C3CCC3)CC2)cc1. The summed E-state index contributed by atoms with van der Waals surface area (Å²) in [6.45, 7) is 5.04. The number of amides is 1. The molecule has 1 aliphatic carbocycles.